The monoisotopic (exact) mass is 397 g/mol. The average molecular weight is 397 g/mol. The zero-order valence-corrected chi connectivity index (χ0v) is 16.1. The van der Waals surface area contributed by atoms with Crippen molar-refractivity contribution >= 4 is 17.6 Å². The molecule has 2 aromatic heterocycles. The third-order valence-corrected chi connectivity index (χ3v) is 4.50. The van der Waals surface area contributed by atoms with Crippen LogP contribution in [0.4, 0.5) is 5.82 Å². The van der Waals surface area contributed by atoms with Crippen LogP contribution in [-0.2, 0) is 18.8 Å². The fraction of sp³-hybridized carbons (Fsp3) is 0.211. The number of Topliss-reactive ketones (excluding diaryl/α,β-unsaturated/α-hetero) is 1. The van der Waals surface area contributed by atoms with Crippen molar-refractivity contribution in [2.45, 2.75) is 6.92 Å². The lowest BCUT2D eigenvalue weighted by atomic mass is 10.2. The number of ketones is 1. The molecule has 0 aliphatic rings. The Morgan fingerprint density at radius 1 is 1.07 bits per heavy atom. The molecule has 2 heterocycles. The summed E-state index contributed by atoms with van der Waals surface area (Å²) in [6.07, 6.45) is 1.67. The second-order valence-electron chi connectivity index (χ2n) is 6.40. The molecule has 0 amide bonds. The standard InChI is InChI=1S/C19H19N5O5/c1-11-8-9-21-24(11)13-6-4-12(5-7-13)18(27)29-10-14(25)15-16(20)22(2)19(28)23(3)17(15)26/h4-9H,10,20H2,1-3H3. The second kappa shape index (κ2) is 7.58. The number of carbonyl (C=O) groups is 2. The summed E-state index contributed by atoms with van der Waals surface area (Å²) in [5.74, 6) is -1.81. The molecule has 0 saturated heterocycles. The van der Waals surface area contributed by atoms with Gasteiger partial charge in [-0.1, -0.05) is 0 Å². The largest absolute Gasteiger partial charge is 0.454 e. The summed E-state index contributed by atoms with van der Waals surface area (Å²) >= 11 is 0. The first kappa shape index (κ1) is 19.8. The molecule has 3 rings (SSSR count). The number of aromatic nitrogens is 4. The normalized spacial score (nSPS) is 10.7. The van der Waals surface area contributed by atoms with Crippen LogP contribution in [0.25, 0.3) is 5.69 Å². The maximum atomic E-state index is 12.4. The summed E-state index contributed by atoms with van der Waals surface area (Å²) in [6, 6.07) is 8.33. The van der Waals surface area contributed by atoms with Crippen molar-refractivity contribution in [2.24, 2.45) is 14.1 Å². The molecule has 0 atom stereocenters. The number of anilines is 1. The highest BCUT2D eigenvalue weighted by Crippen LogP contribution is 2.12. The number of hydrogen-bond acceptors (Lipinski definition) is 7. The smallest absolute Gasteiger partial charge is 0.338 e. The Hall–Kier alpha value is -3.95. The first-order chi connectivity index (χ1) is 13.7. The van der Waals surface area contributed by atoms with Crippen molar-refractivity contribution in [1.29, 1.82) is 0 Å². The van der Waals surface area contributed by atoms with Gasteiger partial charge in [0.25, 0.3) is 5.56 Å². The Bertz CT molecular complexity index is 1220. The molecule has 1 aromatic carbocycles. The molecule has 10 nitrogen and oxygen atoms in total. The summed E-state index contributed by atoms with van der Waals surface area (Å²) in [6.45, 7) is 1.21. The maximum absolute atomic E-state index is 12.4. The van der Waals surface area contributed by atoms with E-state index in [9.17, 15) is 19.2 Å². The molecule has 29 heavy (non-hydrogen) atoms. The van der Waals surface area contributed by atoms with Crippen LogP contribution in [0, 0.1) is 6.92 Å². The lowest BCUT2D eigenvalue weighted by molar-refractivity contribution is 0.0474. The summed E-state index contributed by atoms with van der Waals surface area (Å²) in [5, 5.41) is 4.18. The fourth-order valence-corrected chi connectivity index (χ4v) is 2.79. The van der Waals surface area contributed by atoms with Crippen LogP contribution in [0.5, 0.6) is 0 Å². The predicted octanol–water partition coefficient (Wildman–Crippen LogP) is 0.200. The zero-order chi connectivity index (χ0) is 21.3. The Labute approximate surface area is 164 Å². The lowest BCUT2D eigenvalue weighted by Crippen LogP contribution is -2.42. The topological polar surface area (TPSA) is 131 Å². The van der Waals surface area contributed by atoms with E-state index < -0.39 is 35.2 Å². The molecule has 0 fully saturated rings. The third kappa shape index (κ3) is 3.59. The maximum Gasteiger partial charge on any atom is 0.338 e. The van der Waals surface area contributed by atoms with Gasteiger partial charge in [0.1, 0.15) is 11.4 Å². The predicted molar refractivity (Wildman–Crippen MR) is 104 cm³/mol. The van der Waals surface area contributed by atoms with Gasteiger partial charge in [-0.3, -0.25) is 18.7 Å². The Morgan fingerprint density at radius 2 is 1.72 bits per heavy atom. The highest BCUT2D eigenvalue weighted by Gasteiger charge is 2.21. The minimum atomic E-state index is -0.842. The van der Waals surface area contributed by atoms with Crippen molar-refractivity contribution in [1.82, 2.24) is 18.9 Å². The van der Waals surface area contributed by atoms with Crippen LogP contribution in [-0.4, -0.2) is 37.3 Å². The molecule has 2 N–H and O–H groups in total. The lowest BCUT2D eigenvalue weighted by Gasteiger charge is -2.11. The number of hydrogen-bond donors (Lipinski definition) is 1. The van der Waals surface area contributed by atoms with E-state index in [-0.39, 0.29) is 11.4 Å². The minimum absolute atomic E-state index is 0.229. The Kier molecular flexibility index (Phi) is 5.18. The number of carbonyl (C=O) groups excluding carboxylic acids is 2. The fourth-order valence-electron chi connectivity index (χ4n) is 2.79. The highest BCUT2D eigenvalue weighted by molar-refractivity contribution is 6.02. The van der Waals surface area contributed by atoms with Crippen molar-refractivity contribution in [2.75, 3.05) is 12.3 Å². The quantitative estimate of drug-likeness (QED) is 0.480. The molecule has 0 saturated carbocycles. The average Bonchev–Trinajstić information content (AvgIpc) is 3.15. The molecule has 0 unspecified atom stereocenters. The molecule has 0 radical (unpaired) electrons. The van der Waals surface area contributed by atoms with Crippen molar-refractivity contribution in [3.8, 4) is 5.69 Å². The van der Waals surface area contributed by atoms with Crippen molar-refractivity contribution in [3.63, 3.8) is 0 Å². The van der Waals surface area contributed by atoms with E-state index in [2.05, 4.69) is 5.10 Å². The van der Waals surface area contributed by atoms with Crippen LogP contribution in [0.1, 0.15) is 26.4 Å². The SMILES string of the molecule is Cc1ccnn1-c1ccc(C(=O)OCC(=O)c2c(N)n(C)c(=O)n(C)c2=O)cc1. The van der Waals surface area contributed by atoms with Gasteiger partial charge in [-0.15, -0.1) is 0 Å². The number of nitrogens with two attached hydrogens (primary N) is 1. The van der Waals surface area contributed by atoms with Gasteiger partial charge in [-0.05, 0) is 37.3 Å². The van der Waals surface area contributed by atoms with E-state index in [0.717, 1.165) is 20.5 Å². The molecule has 0 aliphatic carbocycles. The number of ether oxygens (including phenoxy) is 1. The molecule has 3 aromatic rings. The number of rotatable bonds is 5. The van der Waals surface area contributed by atoms with Gasteiger partial charge in [-0.2, -0.15) is 5.10 Å². The van der Waals surface area contributed by atoms with Crippen LogP contribution >= 0.6 is 0 Å². The number of aryl methyl sites for hydroxylation is 1. The molecule has 0 aliphatic heterocycles. The first-order valence-corrected chi connectivity index (χ1v) is 8.59. The van der Waals surface area contributed by atoms with E-state index in [1.165, 1.54) is 14.1 Å². The second-order valence-corrected chi connectivity index (χ2v) is 6.40. The van der Waals surface area contributed by atoms with Crippen LogP contribution < -0.4 is 17.0 Å². The number of nitrogen functional groups attached to an aromatic ring is 1. The van der Waals surface area contributed by atoms with Gasteiger partial charge >= 0.3 is 11.7 Å². The first-order valence-electron chi connectivity index (χ1n) is 8.59. The number of benzene rings is 1. The minimum Gasteiger partial charge on any atom is -0.454 e. The highest BCUT2D eigenvalue weighted by atomic mass is 16.5. The Morgan fingerprint density at radius 3 is 2.31 bits per heavy atom. The molecule has 150 valence electrons. The summed E-state index contributed by atoms with van der Waals surface area (Å²) in [7, 11) is 2.57. The summed E-state index contributed by atoms with van der Waals surface area (Å²) in [5.41, 5.74) is 5.76. The van der Waals surface area contributed by atoms with Gasteiger partial charge in [-0.25, -0.2) is 14.3 Å². The summed E-state index contributed by atoms with van der Waals surface area (Å²) < 4.78 is 8.47. The third-order valence-electron chi connectivity index (χ3n) is 4.50. The number of esters is 1. The van der Waals surface area contributed by atoms with Gasteiger partial charge in [0.15, 0.2) is 6.61 Å². The van der Waals surface area contributed by atoms with Crippen LogP contribution in [0.15, 0.2) is 46.1 Å². The molecule has 0 spiro atoms. The molecule has 0 bridgehead atoms. The van der Waals surface area contributed by atoms with Crippen molar-refractivity contribution < 1.29 is 14.3 Å². The van der Waals surface area contributed by atoms with Gasteiger partial charge in [0.05, 0.1) is 11.3 Å². The number of nitrogens with zero attached hydrogens (tertiary/aromatic N) is 4. The van der Waals surface area contributed by atoms with Gasteiger partial charge in [0.2, 0.25) is 5.78 Å². The van der Waals surface area contributed by atoms with E-state index in [0.29, 0.717) is 0 Å². The van der Waals surface area contributed by atoms with E-state index >= 15 is 0 Å². The van der Waals surface area contributed by atoms with Gasteiger partial charge in [0, 0.05) is 26.0 Å². The van der Waals surface area contributed by atoms with Gasteiger partial charge < -0.3 is 10.5 Å². The Balaban J connectivity index is 1.75. The van der Waals surface area contributed by atoms with E-state index in [1.54, 1.807) is 35.1 Å². The molecule has 10 heteroatoms. The van der Waals surface area contributed by atoms with Crippen molar-refractivity contribution in [3.05, 3.63) is 74.2 Å². The molecular formula is C19H19N5O5. The molecular weight excluding hydrogens is 378 g/mol. The van der Waals surface area contributed by atoms with Crippen LogP contribution in [0.3, 0.4) is 0 Å². The van der Waals surface area contributed by atoms with Crippen LogP contribution in [0.2, 0.25) is 0 Å². The summed E-state index contributed by atoms with van der Waals surface area (Å²) in [4.78, 5) is 48.6. The van der Waals surface area contributed by atoms with E-state index in [4.69, 9.17) is 10.5 Å². The van der Waals surface area contributed by atoms with E-state index in [1.807, 2.05) is 13.0 Å². The zero-order valence-electron chi connectivity index (χ0n) is 16.1.